The molecule has 1 rings (SSSR count). The lowest BCUT2D eigenvalue weighted by Gasteiger charge is -2.47. The molecule has 0 aromatic carbocycles. The maximum absolute atomic E-state index is 11.2. The predicted molar refractivity (Wildman–Crippen MR) is 84.8 cm³/mol. The van der Waals surface area contributed by atoms with Crippen LogP contribution in [0.15, 0.2) is 23.5 Å². The Labute approximate surface area is 127 Å². The van der Waals surface area contributed by atoms with Gasteiger partial charge < -0.3 is 5.11 Å². The number of carbonyl (C=O) groups is 1. The largest absolute Gasteiger partial charge is 0.508 e. The zero-order valence-corrected chi connectivity index (χ0v) is 14.3. The van der Waals surface area contributed by atoms with E-state index in [9.17, 15) is 9.90 Å². The summed E-state index contributed by atoms with van der Waals surface area (Å²) in [6.45, 7) is 12.9. The molecule has 0 aromatic heterocycles. The number of aliphatic hydroxyl groups excluding tert-OH is 1. The topological polar surface area (TPSA) is 37.3 Å². The molecule has 0 fully saturated rings. The number of aliphatic hydroxyl groups is 1. The molecule has 0 bridgehead atoms. The zero-order chi connectivity index (χ0) is 15.8. The van der Waals surface area contributed by atoms with Crippen molar-refractivity contribution in [1.82, 2.24) is 0 Å². The minimum absolute atomic E-state index is 0.00691. The van der Waals surface area contributed by atoms with Gasteiger partial charge in [0.2, 0.25) is 5.24 Å². The van der Waals surface area contributed by atoms with E-state index >= 15 is 0 Å². The van der Waals surface area contributed by atoms with Gasteiger partial charge in [-0.25, -0.2) is 0 Å². The Kier molecular flexibility index (Phi) is 4.80. The molecule has 0 saturated carbocycles. The third-order valence-electron chi connectivity index (χ3n) is 4.53. The Balaban J connectivity index is 3.18. The van der Waals surface area contributed by atoms with Gasteiger partial charge in [0, 0.05) is 6.42 Å². The number of halogens is 1. The third-order valence-corrected chi connectivity index (χ3v) is 4.72. The van der Waals surface area contributed by atoms with Gasteiger partial charge in [0.25, 0.3) is 0 Å². The number of hydrogen-bond acceptors (Lipinski definition) is 2. The molecule has 0 aliphatic heterocycles. The van der Waals surface area contributed by atoms with E-state index in [-0.39, 0.29) is 21.5 Å². The molecule has 0 aromatic rings. The van der Waals surface area contributed by atoms with Crippen LogP contribution in [0.3, 0.4) is 0 Å². The van der Waals surface area contributed by atoms with Crippen LogP contribution in [0.4, 0.5) is 0 Å². The van der Waals surface area contributed by atoms with Gasteiger partial charge in [-0.2, -0.15) is 0 Å². The van der Waals surface area contributed by atoms with E-state index in [1.165, 1.54) is 0 Å². The molecule has 3 heteroatoms. The zero-order valence-electron chi connectivity index (χ0n) is 13.5. The van der Waals surface area contributed by atoms with Crippen LogP contribution in [0, 0.1) is 16.2 Å². The van der Waals surface area contributed by atoms with Gasteiger partial charge in [0.1, 0.15) is 5.76 Å². The average molecular weight is 299 g/mol. The highest BCUT2D eigenvalue weighted by Gasteiger charge is 2.44. The van der Waals surface area contributed by atoms with Crippen molar-refractivity contribution < 1.29 is 9.90 Å². The van der Waals surface area contributed by atoms with Crippen LogP contribution in [0.5, 0.6) is 0 Å². The molecule has 2 nitrogen and oxygen atoms in total. The maximum atomic E-state index is 11.2. The van der Waals surface area contributed by atoms with Crippen molar-refractivity contribution in [2.24, 2.45) is 16.2 Å². The van der Waals surface area contributed by atoms with Gasteiger partial charge in [0.15, 0.2) is 0 Å². The fourth-order valence-corrected chi connectivity index (χ4v) is 2.93. The lowest BCUT2D eigenvalue weighted by molar-refractivity contribution is -0.112. The third kappa shape index (κ3) is 3.66. The molecule has 114 valence electrons. The highest BCUT2D eigenvalue weighted by molar-refractivity contribution is 6.63. The fraction of sp³-hybridized carbons (Fsp3) is 0.706. The molecule has 1 atom stereocenters. The van der Waals surface area contributed by atoms with Crippen molar-refractivity contribution in [2.45, 2.75) is 60.8 Å². The molecule has 0 radical (unpaired) electrons. The Bertz CT molecular complexity index is 447. The first-order chi connectivity index (χ1) is 8.89. The van der Waals surface area contributed by atoms with Crippen LogP contribution in [-0.4, -0.2) is 10.3 Å². The molecule has 20 heavy (non-hydrogen) atoms. The summed E-state index contributed by atoms with van der Waals surface area (Å²) in [4.78, 5) is 11.2. The van der Waals surface area contributed by atoms with Crippen LogP contribution in [-0.2, 0) is 4.79 Å². The minimum atomic E-state index is -0.293. The highest BCUT2D eigenvalue weighted by atomic mass is 35.5. The predicted octanol–water partition coefficient (Wildman–Crippen LogP) is 5.38. The van der Waals surface area contributed by atoms with Crippen LogP contribution >= 0.6 is 11.6 Å². The average Bonchev–Trinajstić information content (AvgIpc) is 2.24. The minimum Gasteiger partial charge on any atom is -0.508 e. The summed E-state index contributed by atoms with van der Waals surface area (Å²) in [6, 6.07) is 0. The maximum Gasteiger partial charge on any atom is 0.221 e. The normalized spacial score (nSPS) is 24.1. The SMILES string of the molecule is CC(C)(C)C1=C(O)C=CC(CCC(=O)Cl)(C(C)(C)C)C1. The molecule has 0 heterocycles. The number of allylic oxidation sites excluding steroid dienone is 3. The molecule has 1 aliphatic carbocycles. The number of hydrogen-bond donors (Lipinski definition) is 1. The summed E-state index contributed by atoms with van der Waals surface area (Å²) in [7, 11) is 0. The van der Waals surface area contributed by atoms with Crippen LogP contribution in [0.2, 0.25) is 0 Å². The first-order valence-electron chi connectivity index (χ1n) is 7.19. The molecule has 0 amide bonds. The molecule has 1 unspecified atom stereocenters. The van der Waals surface area contributed by atoms with Gasteiger partial charge in [-0.15, -0.1) is 0 Å². The van der Waals surface area contributed by atoms with Crippen molar-refractivity contribution in [3.63, 3.8) is 0 Å². The Hall–Kier alpha value is -0.760. The second-order valence-electron chi connectivity index (χ2n) is 7.89. The first-order valence-corrected chi connectivity index (χ1v) is 7.57. The van der Waals surface area contributed by atoms with Crippen molar-refractivity contribution in [2.75, 3.05) is 0 Å². The monoisotopic (exact) mass is 298 g/mol. The van der Waals surface area contributed by atoms with Crippen molar-refractivity contribution in [1.29, 1.82) is 0 Å². The fourth-order valence-electron chi connectivity index (χ4n) is 2.84. The summed E-state index contributed by atoms with van der Waals surface area (Å²) in [5.74, 6) is 0.370. The summed E-state index contributed by atoms with van der Waals surface area (Å²) < 4.78 is 0. The van der Waals surface area contributed by atoms with E-state index in [1.807, 2.05) is 0 Å². The Morgan fingerprint density at radius 3 is 2.25 bits per heavy atom. The van der Waals surface area contributed by atoms with Gasteiger partial charge in [-0.3, -0.25) is 4.79 Å². The van der Waals surface area contributed by atoms with E-state index in [2.05, 4.69) is 47.6 Å². The molecular weight excluding hydrogens is 272 g/mol. The Morgan fingerprint density at radius 2 is 1.85 bits per heavy atom. The quantitative estimate of drug-likeness (QED) is 0.710. The van der Waals surface area contributed by atoms with Gasteiger partial charge in [-0.05, 0) is 52.3 Å². The number of rotatable bonds is 3. The second kappa shape index (κ2) is 5.55. The van der Waals surface area contributed by atoms with E-state index in [0.29, 0.717) is 18.6 Å². The van der Waals surface area contributed by atoms with Crippen LogP contribution < -0.4 is 0 Å². The first kappa shape index (κ1) is 17.3. The standard InChI is InChI=1S/C17H27ClO2/c1-15(2,3)12-11-17(16(4,5)6,9-7-13(12)19)10-8-14(18)20/h7,9,19H,8,10-11H2,1-6H3. The van der Waals surface area contributed by atoms with E-state index in [0.717, 1.165) is 12.0 Å². The second-order valence-corrected chi connectivity index (χ2v) is 8.31. The van der Waals surface area contributed by atoms with Crippen molar-refractivity contribution in [3.8, 4) is 0 Å². The van der Waals surface area contributed by atoms with Crippen molar-refractivity contribution in [3.05, 3.63) is 23.5 Å². The molecule has 1 N–H and O–H groups in total. The van der Waals surface area contributed by atoms with E-state index in [4.69, 9.17) is 11.6 Å². The Morgan fingerprint density at radius 1 is 1.30 bits per heavy atom. The summed E-state index contributed by atoms with van der Waals surface area (Å²) in [5.41, 5.74) is 0.812. The summed E-state index contributed by atoms with van der Waals surface area (Å²) >= 11 is 5.54. The van der Waals surface area contributed by atoms with E-state index < -0.39 is 0 Å². The molecular formula is C17H27ClO2. The summed E-state index contributed by atoms with van der Waals surface area (Å²) in [5, 5.41) is 9.89. The lowest BCUT2D eigenvalue weighted by atomic mass is 9.57. The highest BCUT2D eigenvalue weighted by Crippen LogP contribution is 2.53. The lowest BCUT2D eigenvalue weighted by Crippen LogP contribution is -2.38. The smallest absolute Gasteiger partial charge is 0.221 e. The molecule has 0 saturated heterocycles. The van der Waals surface area contributed by atoms with Gasteiger partial charge in [0.05, 0.1) is 0 Å². The van der Waals surface area contributed by atoms with Crippen molar-refractivity contribution >= 4 is 16.8 Å². The van der Waals surface area contributed by atoms with Crippen LogP contribution in [0.1, 0.15) is 60.8 Å². The number of carbonyl (C=O) groups excluding carboxylic acids is 1. The molecule has 1 aliphatic rings. The van der Waals surface area contributed by atoms with Gasteiger partial charge in [-0.1, -0.05) is 47.6 Å². The van der Waals surface area contributed by atoms with E-state index in [1.54, 1.807) is 6.08 Å². The molecule has 0 spiro atoms. The van der Waals surface area contributed by atoms with Crippen LogP contribution in [0.25, 0.3) is 0 Å². The van der Waals surface area contributed by atoms with Gasteiger partial charge >= 0.3 is 0 Å². The summed E-state index contributed by atoms with van der Waals surface area (Å²) in [6.07, 6.45) is 5.71.